The number of carbonyl (C=O) groups excluding carboxylic acids is 1. The third-order valence-electron chi connectivity index (χ3n) is 3.45. The highest BCUT2D eigenvalue weighted by Crippen LogP contribution is 2.34. The molecule has 0 saturated carbocycles. The van der Waals surface area contributed by atoms with Gasteiger partial charge in [-0.25, -0.2) is 0 Å². The minimum Gasteiger partial charge on any atom is -0.388 e. The van der Waals surface area contributed by atoms with E-state index in [1.165, 1.54) is 0 Å². The van der Waals surface area contributed by atoms with Crippen molar-refractivity contribution in [1.82, 2.24) is 0 Å². The van der Waals surface area contributed by atoms with Crippen LogP contribution in [0.15, 0.2) is 24.3 Å². The Morgan fingerprint density at radius 3 is 2.67 bits per heavy atom. The van der Waals surface area contributed by atoms with Gasteiger partial charge in [0.15, 0.2) is 5.78 Å². The van der Waals surface area contributed by atoms with Gasteiger partial charge in [-0.05, 0) is 17.9 Å². The number of benzene rings is 1. The van der Waals surface area contributed by atoms with Gasteiger partial charge >= 0.3 is 0 Å². The van der Waals surface area contributed by atoms with Crippen molar-refractivity contribution in [2.45, 2.75) is 26.4 Å². The van der Waals surface area contributed by atoms with Gasteiger partial charge in [-0.15, -0.1) is 0 Å². The highest BCUT2D eigenvalue weighted by molar-refractivity contribution is 5.99. The first-order valence-electron chi connectivity index (χ1n) is 5.42. The van der Waals surface area contributed by atoms with Crippen LogP contribution in [0.5, 0.6) is 0 Å². The molecule has 2 rings (SSSR count). The van der Waals surface area contributed by atoms with E-state index in [2.05, 4.69) is 0 Å². The van der Waals surface area contributed by atoms with Crippen molar-refractivity contribution in [2.75, 3.05) is 0 Å². The lowest BCUT2D eigenvalue weighted by atomic mass is 9.89. The molecule has 0 heterocycles. The highest BCUT2D eigenvalue weighted by atomic mass is 16.3. The van der Waals surface area contributed by atoms with E-state index in [4.69, 9.17) is 0 Å². The van der Waals surface area contributed by atoms with Crippen LogP contribution in [0.1, 0.15) is 42.3 Å². The largest absolute Gasteiger partial charge is 0.388 e. The van der Waals surface area contributed by atoms with Gasteiger partial charge in [0.1, 0.15) is 0 Å². The third kappa shape index (κ3) is 1.70. The molecule has 2 nitrogen and oxygen atoms in total. The summed E-state index contributed by atoms with van der Waals surface area (Å²) in [7, 11) is 0. The summed E-state index contributed by atoms with van der Waals surface area (Å²) < 4.78 is 0. The van der Waals surface area contributed by atoms with Gasteiger partial charge in [0, 0.05) is 11.5 Å². The second-order valence-corrected chi connectivity index (χ2v) is 4.47. The molecule has 1 N–H and O–H groups in total. The fourth-order valence-corrected chi connectivity index (χ4v) is 2.20. The van der Waals surface area contributed by atoms with Crippen molar-refractivity contribution < 1.29 is 9.90 Å². The van der Waals surface area contributed by atoms with Gasteiger partial charge in [-0.3, -0.25) is 4.79 Å². The second kappa shape index (κ2) is 3.78. The van der Waals surface area contributed by atoms with Gasteiger partial charge in [-0.2, -0.15) is 0 Å². The molecule has 0 amide bonds. The van der Waals surface area contributed by atoms with Crippen LogP contribution < -0.4 is 0 Å². The molecule has 2 heteroatoms. The van der Waals surface area contributed by atoms with Crippen LogP contribution in [0.4, 0.5) is 0 Å². The smallest absolute Gasteiger partial charge is 0.166 e. The van der Waals surface area contributed by atoms with E-state index in [-0.39, 0.29) is 17.6 Å². The Bertz CT molecular complexity index is 384. The zero-order chi connectivity index (χ0) is 11.0. The average molecular weight is 204 g/mol. The molecule has 0 fully saturated rings. The van der Waals surface area contributed by atoms with Crippen LogP contribution in [-0.2, 0) is 0 Å². The summed E-state index contributed by atoms with van der Waals surface area (Å²) in [6.07, 6.45) is 0.175. The van der Waals surface area contributed by atoms with Crippen molar-refractivity contribution in [2.24, 2.45) is 11.8 Å². The van der Waals surface area contributed by atoms with Crippen LogP contribution in [0.3, 0.4) is 0 Å². The van der Waals surface area contributed by atoms with Crippen molar-refractivity contribution >= 4 is 5.78 Å². The molecule has 0 bridgehead atoms. The molecular formula is C13H16O2. The molecule has 1 aromatic carbocycles. The summed E-state index contributed by atoms with van der Waals surface area (Å²) in [5.41, 5.74) is 1.49. The molecule has 1 aromatic rings. The lowest BCUT2D eigenvalue weighted by Crippen LogP contribution is -2.17. The molecule has 0 aromatic heterocycles. The van der Waals surface area contributed by atoms with Crippen LogP contribution in [0.2, 0.25) is 0 Å². The Morgan fingerprint density at radius 2 is 1.93 bits per heavy atom. The quantitative estimate of drug-likeness (QED) is 0.659. The summed E-state index contributed by atoms with van der Waals surface area (Å²) in [5.74, 6) is 0.401. The molecule has 3 unspecified atom stereocenters. The summed E-state index contributed by atoms with van der Waals surface area (Å²) in [5, 5.41) is 10.00. The van der Waals surface area contributed by atoms with E-state index in [0.29, 0.717) is 12.0 Å². The van der Waals surface area contributed by atoms with E-state index < -0.39 is 6.10 Å². The number of ketones is 1. The number of aliphatic hydroxyl groups is 1. The molecule has 80 valence electrons. The first-order chi connectivity index (χ1) is 7.11. The Balaban J connectivity index is 2.52. The molecule has 0 spiro atoms. The summed E-state index contributed by atoms with van der Waals surface area (Å²) in [4.78, 5) is 12.1. The molecule has 0 saturated heterocycles. The summed E-state index contributed by atoms with van der Waals surface area (Å²) in [6, 6.07) is 7.39. The molecule has 1 aliphatic carbocycles. The third-order valence-corrected chi connectivity index (χ3v) is 3.45. The Hall–Kier alpha value is -1.15. The number of hydrogen-bond donors (Lipinski definition) is 1. The van der Waals surface area contributed by atoms with Crippen molar-refractivity contribution in [1.29, 1.82) is 0 Å². The van der Waals surface area contributed by atoms with Crippen molar-refractivity contribution in [3.05, 3.63) is 35.4 Å². The first kappa shape index (κ1) is 10.4. The average Bonchev–Trinajstić information content (AvgIpc) is 2.33. The van der Waals surface area contributed by atoms with Crippen LogP contribution in [0, 0.1) is 11.8 Å². The topological polar surface area (TPSA) is 37.3 Å². The number of rotatable bonds is 0. The summed E-state index contributed by atoms with van der Waals surface area (Å²) >= 11 is 0. The number of fused-ring (bicyclic) bond motifs is 1. The minimum absolute atomic E-state index is 0.00306. The lowest BCUT2D eigenvalue weighted by molar-refractivity contribution is 0.0877. The molecule has 0 radical (unpaired) electrons. The van der Waals surface area contributed by atoms with Crippen molar-refractivity contribution in [3.8, 4) is 0 Å². The molecule has 1 aliphatic rings. The van der Waals surface area contributed by atoms with E-state index in [0.717, 1.165) is 5.56 Å². The normalized spacial score (nSPS) is 30.9. The number of hydrogen-bond acceptors (Lipinski definition) is 2. The van der Waals surface area contributed by atoms with Crippen LogP contribution in [-0.4, -0.2) is 10.9 Å². The molecule has 15 heavy (non-hydrogen) atoms. The predicted octanol–water partition coefficient (Wildman–Crippen LogP) is 2.58. The number of Topliss-reactive ketones (excluding diaryl/α,β-unsaturated/α-hetero) is 1. The van der Waals surface area contributed by atoms with Gasteiger partial charge in [0.2, 0.25) is 0 Å². The first-order valence-corrected chi connectivity index (χ1v) is 5.42. The fraction of sp³-hybridized carbons (Fsp3) is 0.462. The fourth-order valence-electron chi connectivity index (χ4n) is 2.20. The van der Waals surface area contributed by atoms with Crippen LogP contribution >= 0.6 is 0 Å². The maximum atomic E-state index is 12.1. The van der Waals surface area contributed by atoms with Gasteiger partial charge in [0.05, 0.1) is 6.10 Å². The molecule has 0 aliphatic heterocycles. The van der Waals surface area contributed by atoms with Gasteiger partial charge < -0.3 is 5.11 Å². The lowest BCUT2D eigenvalue weighted by Gasteiger charge is -2.15. The Labute approximate surface area is 89.9 Å². The number of aliphatic hydroxyl groups excluding tert-OH is 1. The number of carbonyl (C=O) groups is 1. The van der Waals surface area contributed by atoms with E-state index >= 15 is 0 Å². The predicted molar refractivity (Wildman–Crippen MR) is 58.7 cm³/mol. The van der Waals surface area contributed by atoms with E-state index in [1.807, 2.05) is 38.1 Å². The van der Waals surface area contributed by atoms with E-state index in [1.54, 1.807) is 0 Å². The SMILES string of the molecule is CC1CC(O)c2ccccc2C(=O)C1C. The standard InChI is InChI=1S/C13H16O2/c1-8-7-12(14)10-5-3-4-6-11(10)13(15)9(8)2/h3-6,8-9,12,14H,7H2,1-2H3. The Kier molecular flexibility index (Phi) is 2.61. The zero-order valence-corrected chi connectivity index (χ0v) is 9.10. The van der Waals surface area contributed by atoms with Gasteiger partial charge in [0.25, 0.3) is 0 Å². The van der Waals surface area contributed by atoms with Crippen LogP contribution in [0.25, 0.3) is 0 Å². The maximum absolute atomic E-state index is 12.1. The molecular weight excluding hydrogens is 188 g/mol. The minimum atomic E-state index is -0.495. The van der Waals surface area contributed by atoms with E-state index in [9.17, 15) is 9.90 Å². The summed E-state index contributed by atoms with van der Waals surface area (Å²) in [6.45, 7) is 3.97. The zero-order valence-electron chi connectivity index (χ0n) is 9.10. The second-order valence-electron chi connectivity index (χ2n) is 4.47. The van der Waals surface area contributed by atoms with Gasteiger partial charge in [-0.1, -0.05) is 38.1 Å². The maximum Gasteiger partial charge on any atom is 0.166 e. The Morgan fingerprint density at radius 1 is 1.27 bits per heavy atom. The monoisotopic (exact) mass is 204 g/mol. The van der Waals surface area contributed by atoms with Crippen molar-refractivity contribution in [3.63, 3.8) is 0 Å². The highest BCUT2D eigenvalue weighted by Gasteiger charge is 2.30. The molecule has 3 atom stereocenters.